The molecule has 0 aromatic heterocycles. The Bertz CT molecular complexity index is 432. The fraction of sp³-hybridized carbons (Fsp3) is 1.00. The van der Waals surface area contributed by atoms with E-state index in [4.69, 9.17) is 0 Å². The van der Waals surface area contributed by atoms with Crippen molar-refractivity contribution >= 4 is 9.84 Å². The largest absolute Gasteiger partial charge is 0.308 e. The summed E-state index contributed by atoms with van der Waals surface area (Å²) in [6, 6.07) is 0.997. The molecule has 2 aliphatic heterocycles. The highest BCUT2D eigenvalue weighted by atomic mass is 32.2. The molecule has 0 bridgehead atoms. The van der Waals surface area contributed by atoms with Gasteiger partial charge in [-0.15, -0.1) is 0 Å². The Balaban J connectivity index is 1.68. The van der Waals surface area contributed by atoms with Gasteiger partial charge in [0.15, 0.2) is 0 Å². The van der Waals surface area contributed by atoms with Gasteiger partial charge in [-0.1, -0.05) is 0 Å². The molecular formula is C14H26N2O2S. The van der Waals surface area contributed by atoms with E-state index >= 15 is 0 Å². The maximum atomic E-state index is 11.6. The third-order valence-corrected chi connectivity index (χ3v) is 7.07. The molecule has 2 atom stereocenters. The molecular weight excluding hydrogens is 260 g/mol. The second-order valence-corrected chi connectivity index (χ2v) is 9.28. The molecule has 0 amide bonds. The van der Waals surface area contributed by atoms with E-state index in [0.717, 1.165) is 31.8 Å². The lowest BCUT2D eigenvalue weighted by Gasteiger charge is -2.49. The number of nitrogens with one attached hydrogen (secondary N) is 1. The van der Waals surface area contributed by atoms with Crippen LogP contribution in [0.25, 0.3) is 0 Å². The maximum absolute atomic E-state index is 11.6. The number of hydrogen-bond donors (Lipinski definition) is 1. The van der Waals surface area contributed by atoms with Crippen molar-refractivity contribution in [2.75, 3.05) is 24.6 Å². The summed E-state index contributed by atoms with van der Waals surface area (Å²) in [6.45, 7) is 6.74. The van der Waals surface area contributed by atoms with Crippen LogP contribution in [0, 0.1) is 5.92 Å². The minimum absolute atomic E-state index is 0.253. The molecule has 3 rings (SSSR count). The summed E-state index contributed by atoms with van der Waals surface area (Å²) in [5, 5.41) is 3.73. The third kappa shape index (κ3) is 2.83. The number of piperazine rings is 1. The molecule has 1 aliphatic carbocycles. The minimum Gasteiger partial charge on any atom is -0.308 e. The van der Waals surface area contributed by atoms with Crippen LogP contribution < -0.4 is 5.32 Å². The highest BCUT2D eigenvalue weighted by Crippen LogP contribution is 2.42. The number of nitrogens with zero attached hydrogens (tertiary/aromatic N) is 1. The van der Waals surface area contributed by atoms with Gasteiger partial charge in [0.25, 0.3) is 0 Å². The van der Waals surface area contributed by atoms with Crippen molar-refractivity contribution < 1.29 is 8.42 Å². The summed E-state index contributed by atoms with van der Waals surface area (Å²) in [6.07, 6.45) is 4.36. The summed E-state index contributed by atoms with van der Waals surface area (Å²) in [5.74, 6) is 1.60. The van der Waals surface area contributed by atoms with Crippen molar-refractivity contribution in [3.8, 4) is 0 Å². The van der Waals surface area contributed by atoms with Crippen molar-refractivity contribution in [3.05, 3.63) is 0 Å². The molecule has 5 heteroatoms. The number of rotatable bonds is 2. The van der Waals surface area contributed by atoms with Gasteiger partial charge in [0.1, 0.15) is 9.84 Å². The smallest absolute Gasteiger partial charge is 0.150 e. The van der Waals surface area contributed by atoms with E-state index in [1.165, 1.54) is 12.8 Å². The Morgan fingerprint density at radius 1 is 1.16 bits per heavy atom. The molecule has 1 N–H and O–H groups in total. The van der Waals surface area contributed by atoms with Crippen molar-refractivity contribution in [2.24, 2.45) is 5.92 Å². The summed E-state index contributed by atoms with van der Waals surface area (Å²) < 4.78 is 23.2. The lowest BCUT2D eigenvalue weighted by atomic mass is 9.89. The van der Waals surface area contributed by atoms with Gasteiger partial charge in [-0.05, 0) is 45.4 Å². The summed E-state index contributed by atoms with van der Waals surface area (Å²) >= 11 is 0. The van der Waals surface area contributed by atoms with Gasteiger partial charge in [-0.3, -0.25) is 4.90 Å². The van der Waals surface area contributed by atoms with Gasteiger partial charge < -0.3 is 5.32 Å². The average molecular weight is 286 g/mol. The number of hydrogen-bond acceptors (Lipinski definition) is 4. The molecule has 3 aliphatic rings. The first-order valence-corrected chi connectivity index (χ1v) is 9.43. The number of sulfone groups is 1. The van der Waals surface area contributed by atoms with E-state index in [-0.39, 0.29) is 5.54 Å². The Kier molecular flexibility index (Phi) is 3.43. The van der Waals surface area contributed by atoms with Crippen LogP contribution in [-0.2, 0) is 9.84 Å². The van der Waals surface area contributed by atoms with Crippen LogP contribution in [0.15, 0.2) is 0 Å². The quantitative estimate of drug-likeness (QED) is 0.823. The lowest BCUT2D eigenvalue weighted by molar-refractivity contribution is 0.0421. The maximum Gasteiger partial charge on any atom is 0.150 e. The summed E-state index contributed by atoms with van der Waals surface area (Å²) in [7, 11) is -2.75. The minimum atomic E-state index is -2.75. The van der Waals surface area contributed by atoms with Crippen LogP contribution >= 0.6 is 0 Å². The van der Waals surface area contributed by atoms with Gasteiger partial charge >= 0.3 is 0 Å². The SMILES string of the molecule is CC1CNC(C)(C2CC2)CN1C1CCS(=O)(=O)CC1. The van der Waals surface area contributed by atoms with Crippen LogP contribution in [0.4, 0.5) is 0 Å². The Labute approximate surface area is 116 Å². The van der Waals surface area contributed by atoms with Crippen LogP contribution in [-0.4, -0.2) is 55.5 Å². The molecule has 0 spiro atoms. The Morgan fingerprint density at radius 3 is 2.37 bits per heavy atom. The van der Waals surface area contributed by atoms with E-state index in [1.807, 2.05) is 0 Å². The molecule has 1 saturated carbocycles. The summed E-state index contributed by atoms with van der Waals surface area (Å²) in [5.41, 5.74) is 0.253. The third-order valence-electron chi connectivity index (χ3n) is 5.35. The zero-order valence-corrected chi connectivity index (χ0v) is 12.9. The first-order chi connectivity index (χ1) is 8.90. The normalized spacial score (nSPS) is 41.3. The van der Waals surface area contributed by atoms with Gasteiger partial charge in [-0.25, -0.2) is 8.42 Å². The lowest BCUT2D eigenvalue weighted by Crippen LogP contribution is -2.65. The highest BCUT2D eigenvalue weighted by molar-refractivity contribution is 7.91. The Hall–Kier alpha value is -0.130. The van der Waals surface area contributed by atoms with E-state index < -0.39 is 9.84 Å². The molecule has 19 heavy (non-hydrogen) atoms. The van der Waals surface area contributed by atoms with Crippen LogP contribution in [0.5, 0.6) is 0 Å². The van der Waals surface area contributed by atoms with Crippen molar-refractivity contribution in [1.29, 1.82) is 0 Å². The fourth-order valence-electron chi connectivity index (χ4n) is 3.78. The fourth-order valence-corrected chi connectivity index (χ4v) is 5.25. The Morgan fingerprint density at radius 2 is 1.79 bits per heavy atom. The van der Waals surface area contributed by atoms with Gasteiger partial charge in [0.2, 0.25) is 0 Å². The van der Waals surface area contributed by atoms with Crippen LogP contribution in [0.3, 0.4) is 0 Å². The molecule has 2 unspecified atom stereocenters. The molecule has 110 valence electrons. The van der Waals surface area contributed by atoms with Crippen molar-refractivity contribution in [2.45, 2.75) is 57.2 Å². The first kappa shape index (κ1) is 13.8. The predicted octanol–water partition coefficient (Wildman–Crippen LogP) is 1.03. The van der Waals surface area contributed by atoms with E-state index in [2.05, 4.69) is 24.1 Å². The topological polar surface area (TPSA) is 49.4 Å². The molecule has 0 radical (unpaired) electrons. The highest BCUT2D eigenvalue weighted by Gasteiger charge is 2.46. The second kappa shape index (κ2) is 4.71. The van der Waals surface area contributed by atoms with Crippen LogP contribution in [0.2, 0.25) is 0 Å². The monoisotopic (exact) mass is 286 g/mol. The standard InChI is InChI=1S/C14H26N2O2S/c1-11-9-15-14(2,12-3-4-12)10-16(11)13-5-7-19(17,18)8-6-13/h11-13,15H,3-10H2,1-2H3. The average Bonchev–Trinajstić information content (AvgIpc) is 3.17. The zero-order chi connectivity index (χ0) is 13.7. The van der Waals surface area contributed by atoms with E-state index in [0.29, 0.717) is 23.6 Å². The zero-order valence-electron chi connectivity index (χ0n) is 12.1. The first-order valence-electron chi connectivity index (χ1n) is 7.61. The van der Waals surface area contributed by atoms with E-state index in [9.17, 15) is 8.42 Å². The van der Waals surface area contributed by atoms with Crippen LogP contribution in [0.1, 0.15) is 39.5 Å². The summed E-state index contributed by atoms with van der Waals surface area (Å²) in [4.78, 5) is 2.59. The molecule has 2 saturated heterocycles. The predicted molar refractivity (Wildman–Crippen MR) is 77.0 cm³/mol. The van der Waals surface area contributed by atoms with Gasteiger partial charge in [0, 0.05) is 30.7 Å². The van der Waals surface area contributed by atoms with Crippen molar-refractivity contribution in [3.63, 3.8) is 0 Å². The molecule has 4 nitrogen and oxygen atoms in total. The van der Waals surface area contributed by atoms with Crippen molar-refractivity contribution in [1.82, 2.24) is 10.2 Å². The molecule has 0 aromatic carbocycles. The van der Waals surface area contributed by atoms with E-state index in [1.54, 1.807) is 0 Å². The molecule has 2 heterocycles. The van der Waals surface area contributed by atoms with Gasteiger partial charge in [0.05, 0.1) is 11.5 Å². The molecule has 3 fully saturated rings. The molecule has 0 aromatic rings. The second-order valence-electron chi connectivity index (χ2n) is 6.98. The van der Waals surface area contributed by atoms with Gasteiger partial charge in [-0.2, -0.15) is 0 Å².